The summed E-state index contributed by atoms with van der Waals surface area (Å²) in [4.78, 5) is 2.31. The van der Waals surface area contributed by atoms with Crippen LogP contribution in [0.3, 0.4) is 0 Å². The van der Waals surface area contributed by atoms with Gasteiger partial charge in [0.25, 0.3) is 0 Å². The molecular formula is C15H24N2O. The SMILES string of the molecule is COc1cccc(N(C)CC2(CN)CCCC2)c1. The Morgan fingerprint density at radius 3 is 2.67 bits per heavy atom. The van der Waals surface area contributed by atoms with E-state index in [1.165, 1.54) is 31.4 Å². The predicted molar refractivity (Wildman–Crippen MR) is 76.2 cm³/mol. The van der Waals surface area contributed by atoms with Crippen LogP contribution in [0.25, 0.3) is 0 Å². The van der Waals surface area contributed by atoms with Crippen LogP contribution in [-0.4, -0.2) is 27.2 Å². The average molecular weight is 248 g/mol. The third-order valence-electron chi connectivity index (χ3n) is 4.16. The molecule has 0 aliphatic heterocycles. The molecule has 2 N–H and O–H groups in total. The molecule has 0 aromatic heterocycles. The zero-order valence-corrected chi connectivity index (χ0v) is 11.5. The molecule has 18 heavy (non-hydrogen) atoms. The van der Waals surface area contributed by atoms with Crippen molar-refractivity contribution >= 4 is 5.69 Å². The molecule has 1 aliphatic carbocycles. The van der Waals surface area contributed by atoms with E-state index in [1.54, 1.807) is 7.11 Å². The van der Waals surface area contributed by atoms with Crippen LogP contribution in [0, 0.1) is 5.41 Å². The van der Waals surface area contributed by atoms with Crippen molar-refractivity contribution in [1.82, 2.24) is 0 Å². The van der Waals surface area contributed by atoms with E-state index in [0.717, 1.165) is 18.8 Å². The van der Waals surface area contributed by atoms with Crippen LogP contribution in [0.1, 0.15) is 25.7 Å². The first-order chi connectivity index (χ1) is 8.69. The highest BCUT2D eigenvalue weighted by Gasteiger charge is 2.33. The lowest BCUT2D eigenvalue weighted by Crippen LogP contribution is -2.39. The van der Waals surface area contributed by atoms with Crippen molar-refractivity contribution in [3.8, 4) is 5.75 Å². The maximum absolute atomic E-state index is 6.00. The van der Waals surface area contributed by atoms with E-state index in [9.17, 15) is 0 Å². The Hall–Kier alpha value is -1.22. The molecule has 1 aromatic carbocycles. The van der Waals surface area contributed by atoms with Gasteiger partial charge in [-0.3, -0.25) is 0 Å². The third kappa shape index (κ3) is 2.78. The fraction of sp³-hybridized carbons (Fsp3) is 0.600. The summed E-state index contributed by atoms with van der Waals surface area (Å²) in [6.07, 6.45) is 5.17. The second-order valence-corrected chi connectivity index (χ2v) is 5.47. The summed E-state index contributed by atoms with van der Waals surface area (Å²) in [5.74, 6) is 0.910. The Labute approximate surface area is 110 Å². The maximum Gasteiger partial charge on any atom is 0.120 e. The molecule has 3 heteroatoms. The number of hydrogen-bond acceptors (Lipinski definition) is 3. The van der Waals surface area contributed by atoms with Crippen LogP contribution in [0.4, 0.5) is 5.69 Å². The maximum atomic E-state index is 6.00. The van der Waals surface area contributed by atoms with E-state index >= 15 is 0 Å². The first-order valence-electron chi connectivity index (χ1n) is 6.74. The Bertz CT molecular complexity index is 386. The molecule has 3 nitrogen and oxygen atoms in total. The smallest absolute Gasteiger partial charge is 0.120 e. The van der Waals surface area contributed by atoms with Gasteiger partial charge in [0.2, 0.25) is 0 Å². The van der Waals surface area contributed by atoms with Crippen LogP contribution < -0.4 is 15.4 Å². The fourth-order valence-electron chi connectivity index (χ4n) is 2.99. The minimum absolute atomic E-state index is 0.317. The minimum atomic E-state index is 0.317. The molecule has 1 fully saturated rings. The number of nitrogens with zero attached hydrogens (tertiary/aromatic N) is 1. The topological polar surface area (TPSA) is 38.5 Å². The first-order valence-corrected chi connectivity index (χ1v) is 6.74. The zero-order valence-electron chi connectivity index (χ0n) is 11.5. The molecule has 100 valence electrons. The van der Waals surface area contributed by atoms with Gasteiger partial charge in [-0.1, -0.05) is 18.9 Å². The molecule has 0 heterocycles. The van der Waals surface area contributed by atoms with Gasteiger partial charge in [0.1, 0.15) is 5.75 Å². The van der Waals surface area contributed by atoms with E-state index in [2.05, 4.69) is 24.1 Å². The number of rotatable bonds is 5. The van der Waals surface area contributed by atoms with Crippen molar-refractivity contribution < 1.29 is 4.74 Å². The molecule has 1 aromatic rings. The molecule has 0 saturated heterocycles. The highest BCUT2D eigenvalue weighted by Crippen LogP contribution is 2.38. The number of methoxy groups -OCH3 is 1. The summed E-state index contributed by atoms with van der Waals surface area (Å²) >= 11 is 0. The van der Waals surface area contributed by atoms with Crippen molar-refractivity contribution in [3.05, 3.63) is 24.3 Å². The van der Waals surface area contributed by atoms with E-state index in [1.807, 2.05) is 12.1 Å². The lowest BCUT2D eigenvalue weighted by atomic mass is 9.85. The standard InChI is InChI=1S/C15H24N2O/c1-17(12-15(11-16)8-3-4-9-15)13-6-5-7-14(10-13)18-2/h5-7,10H,3-4,8-9,11-12,16H2,1-2H3. The highest BCUT2D eigenvalue weighted by molar-refractivity contribution is 5.50. The number of nitrogens with two attached hydrogens (primary N) is 1. The summed E-state index contributed by atoms with van der Waals surface area (Å²) in [5, 5.41) is 0. The number of hydrogen-bond donors (Lipinski definition) is 1. The Kier molecular flexibility index (Phi) is 4.12. The van der Waals surface area contributed by atoms with E-state index in [-0.39, 0.29) is 0 Å². The second-order valence-electron chi connectivity index (χ2n) is 5.47. The van der Waals surface area contributed by atoms with Crippen LogP contribution >= 0.6 is 0 Å². The Balaban J connectivity index is 2.08. The molecule has 0 atom stereocenters. The third-order valence-corrected chi connectivity index (χ3v) is 4.16. The van der Waals surface area contributed by atoms with Gasteiger partial charge in [-0.25, -0.2) is 0 Å². The highest BCUT2D eigenvalue weighted by atomic mass is 16.5. The summed E-state index contributed by atoms with van der Waals surface area (Å²) < 4.78 is 5.28. The van der Waals surface area contributed by atoms with Crippen LogP contribution in [-0.2, 0) is 0 Å². The lowest BCUT2D eigenvalue weighted by molar-refractivity contribution is 0.316. The normalized spacial score (nSPS) is 17.7. The van der Waals surface area contributed by atoms with Crippen molar-refractivity contribution in [2.24, 2.45) is 11.1 Å². The quantitative estimate of drug-likeness (QED) is 0.870. The van der Waals surface area contributed by atoms with Gasteiger partial charge in [-0.05, 0) is 31.5 Å². The predicted octanol–water partition coefficient (Wildman–Crippen LogP) is 2.65. The molecule has 0 unspecified atom stereocenters. The van der Waals surface area contributed by atoms with Crippen LogP contribution in [0.15, 0.2) is 24.3 Å². The number of anilines is 1. The Morgan fingerprint density at radius 1 is 1.33 bits per heavy atom. The molecule has 1 saturated carbocycles. The Morgan fingerprint density at radius 2 is 2.06 bits per heavy atom. The van der Waals surface area contributed by atoms with Crippen LogP contribution in [0.2, 0.25) is 0 Å². The molecule has 0 bridgehead atoms. The fourth-order valence-corrected chi connectivity index (χ4v) is 2.99. The lowest BCUT2D eigenvalue weighted by Gasteiger charge is -2.33. The zero-order chi connectivity index (χ0) is 13.0. The second kappa shape index (κ2) is 5.61. The molecule has 0 radical (unpaired) electrons. The van der Waals surface area contributed by atoms with Crippen molar-refractivity contribution in [1.29, 1.82) is 0 Å². The molecule has 2 rings (SSSR count). The van der Waals surface area contributed by atoms with Crippen LogP contribution in [0.5, 0.6) is 5.75 Å². The largest absolute Gasteiger partial charge is 0.497 e. The number of benzene rings is 1. The minimum Gasteiger partial charge on any atom is -0.497 e. The van der Waals surface area contributed by atoms with Gasteiger partial charge in [0, 0.05) is 30.8 Å². The van der Waals surface area contributed by atoms with Gasteiger partial charge >= 0.3 is 0 Å². The van der Waals surface area contributed by atoms with Crippen molar-refractivity contribution in [3.63, 3.8) is 0 Å². The van der Waals surface area contributed by atoms with Gasteiger partial charge < -0.3 is 15.4 Å². The van der Waals surface area contributed by atoms with Gasteiger partial charge in [0.15, 0.2) is 0 Å². The molecule has 0 spiro atoms. The van der Waals surface area contributed by atoms with Gasteiger partial charge in [-0.2, -0.15) is 0 Å². The van der Waals surface area contributed by atoms with Crippen molar-refractivity contribution in [2.45, 2.75) is 25.7 Å². The van der Waals surface area contributed by atoms with E-state index in [0.29, 0.717) is 5.41 Å². The number of ether oxygens (including phenoxy) is 1. The molecular weight excluding hydrogens is 224 g/mol. The van der Waals surface area contributed by atoms with Gasteiger partial charge in [-0.15, -0.1) is 0 Å². The summed E-state index contributed by atoms with van der Waals surface area (Å²) in [6, 6.07) is 8.22. The summed E-state index contributed by atoms with van der Waals surface area (Å²) in [5.41, 5.74) is 7.52. The molecule has 0 amide bonds. The summed E-state index contributed by atoms with van der Waals surface area (Å²) in [6.45, 7) is 1.83. The van der Waals surface area contributed by atoms with E-state index in [4.69, 9.17) is 10.5 Å². The van der Waals surface area contributed by atoms with Gasteiger partial charge in [0.05, 0.1) is 7.11 Å². The van der Waals surface area contributed by atoms with E-state index < -0.39 is 0 Å². The average Bonchev–Trinajstić information content (AvgIpc) is 2.88. The molecule has 1 aliphatic rings. The van der Waals surface area contributed by atoms with Crippen molar-refractivity contribution in [2.75, 3.05) is 32.1 Å². The summed E-state index contributed by atoms with van der Waals surface area (Å²) in [7, 11) is 3.85. The monoisotopic (exact) mass is 248 g/mol. The first kappa shape index (κ1) is 13.2.